The molecule has 0 saturated heterocycles. The van der Waals surface area contributed by atoms with Crippen molar-refractivity contribution in [2.75, 3.05) is 13.7 Å². The van der Waals surface area contributed by atoms with Gasteiger partial charge in [0, 0.05) is 19.1 Å². The van der Waals surface area contributed by atoms with Crippen LogP contribution in [-0.2, 0) is 13.1 Å². The highest BCUT2D eigenvalue weighted by Crippen LogP contribution is 2.36. The molecule has 0 bridgehead atoms. The summed E-state index contributed by atoms with van der Waals surface area (Å²) in [7, 11) is 1.61. The molecule has 1 saturated carbocycles. The van der Waals surface area contributed by atoms with E-state index in [1.165, 1.54) is 4.68 Å². The first-order valence-corrected chi connectivity index (χ1v) is 9.53. The number of furan rings is 1. The number of rotatable bonds is 8. The number of methoxy groups -OCH3 is 1. The summed E-state index contributed by atoms with van der Waals surface area (Å²) in [5, 5.41) is 9.95. The van der Waals surface area contributed by atoms with Crippen LogP contribution >= 0.6 is 0 Å². The normalized spacial score (nSPS) is 13.3. The molecule has 0 aliphatic heterocycles. The molecule has 2 N–H and O–H groups in total. The Balaban J connectivity index is 1.31. The van der Waals surface area contributed by atoms with Gasteiger partial charge in [-0.1, -0.05) is 12.1 Å². The maximum atomic E-state index is 12.7. The van der Waals surface area contributed by atoms with Gasteiger partial charge in [-0.15, -0.1) is 5.10 Å². The number of nitrogens with zero attached hydrogens (tertiary/aromatic N) is 3. The summed E-state index contributed by atoms with van der Waals surface area (Å²) in [4.78, 5) is 24.7. The molecule has 9 heteroatoms. The predicted molar refractivity (Wildman–Crippen MR) is 106 cm³/mol. The molecule has 1 fully saturated rings. The van der Waals surface area contributed by atoms with E-state index in [0.717, 1.165) is 24.2 Å². The Morgan fingerprint density at radius 1 is 1.24 bits per heavy atom. The second kappa shape index (κ2) is 8.26. The van der Waals surface area contributed by atoms with E-state index in [9.17, 15) is 9.59 Å². The standard InChI is InChI=1S/C20H23N5O4/c1-28-16-8-4-14(5-9-16)13-22-19(26)21-10-11-24-20(27)25(15-6-7-15)18(23-24)17-3-2-12-29-17/h2-5,8-9,12,15H,6-7,10-11,13H2,1H3,(H2,21,22,26). The molecule has 2 amide bonds. The molecule has 1 aromatic carbocycles. The first-order valence-electron chi connectivity index (χ1n) is 9.53. The highest BCUT2D eigenvalue weighted by atomic mass is 16.5. The number of carbonyl (C=O) groups is 1. The first-order chi connectivity index (χ1) is 14.2. The maximum absolute atomic E-state index is 12.7. The van der Waals surface area contributed by atoms with Crippen molar-refractivity contribution < 1.29 is 13.9 Å². The van der Waals surface area contributed by atoms with Crippen LogP contribution in [0.2, 0.25) is 0 Å². The van der Waals surface area contributed by atoms with Crippen molar-refractivity contribution >= 4 is 6.03 Å². The van der Waals surface area contributed by atoms with Crippen LogP contribution in [0.5, 0.6) is 5.75 Å². The van der Waals surface area contributed by atoms with Crippen molar-refractivity contribution in [3.05, 3.63) is 58.7 Å². The zero-order valence-electron chi connectivity index (χ0n) is 16.1. The molecular formula is C20H23N5O4. The Morgan fingerprint density at radius 3 is 2.69 bits per heavy atom. The third-order valence-electron chi connectivity index (χ3n) is 4.75. The van der Waals surface area contributed by atoms with Crippen LogP contribution in [0, 0.1) is 0 Å². The number of benzene rings is 1. The summed E-state index contributed by atoms with van der Waals surface area (Å²) < 4.78 is 13.6. The van der Waals surface area contributed by atoms with E-state index < -0.39 is 0 Å². The molecule has 4 rings (SSSR count). The highest BCUT2D eigenvalue weighted by Gasteiger charge is 2.31. The number of carbonyl (C=O) groups excluding carboxylic acids is 1. The molecule has 0 atom stereocenters. The lowest BCUT2D eigenvalue weighted by atomic mass is 10.2. The quantitative estimate of drug-likeness (QED) is 0.606. The van der Waals surface area contributed by atoms with Gasteiger partial charge in [-0.05, 0) is 42.7 Å². The van der Waals surface area contributed by atoms with Gasteiger partial charge in [0.1, 0.15) is 5.75 Å². The minimum atomic E-state index is -0.304. The van der Waals surface area contributed by atoms with Gasteiger partial charge in [0.15, 0.2) is 5.76 Å². The van der Waals surface area contributed by atoms with Crippen LogP contribution in [-0.4, -0.2) is 34.0 Å². The number of urea groups is 1. The molecule has 9 nitrogen and oxygen atoms in total. The fourth-order valence-corrected chi connectivity index (χ4v) is 3.07. The summed E-state index contributed by atoms with van der Waals surface area (Å²) in [6, 6.07) is 10.9. The number of hydrogen-bond acceptors (Lipinski definition) is 5. The topological polar surface area (TPSA) is 103 Å². The fourth-order valence-electron chi connectivity index (χ4n) is 3.07. The van der Waals surface area contributed by atoms with E-state index in [4.69, 9.17) is 9.15 Å². The van der Waals surface area contributed by atoms with Crippen molar-refractivity contribution in [1.29, 1.82) is 0 Å². The van der Waals surface area contributed by atoms with Crippen LogP contribution in [0.4, 0.5) is 4.79 Å². The fraction of sp³-hybridized carbons (Fsp3) is 0.350. The van der Waals surface area contributed by atoms with Crippen LogP contribution in [0.25, 0.3) is 11.6 Å². The van der Waals surface area contributed by atoms with Gasteiger partial charge in [-0.3, -0.25) is 4.57 Å². The Hall–Kier alpha value is -3.49. The van der Waals surface area contributed by atoms with Crippen LogP contribution in [0.3, 0.4) is 0 Å². The largest absolute Gasteiger partial charge is 0.497 e. The lowest BCUT2D eigenvalue weighted by Crippen LogP contribution is -2.38. The second-order valence-corrected chi connectivity index (χ2v) is 6.87. The lowest BCUT2D eigenvalue weighted by Gasteiger charge is -2.08. The SMILES string of the molecule is COc1ccc(CNC(=O)NCCn2nc(-c3ccco3)n(C3CC3)c2=O)cc1. The molecular weight excluding hydrogens is 374 g/mol. The van der Waals surface area contributed by atoms with Gasteiger partial charge in [-0.25, -0.2) is 14.3 Å². The predicted octanol–water partition coefficient (Wildman–Crippen LogP) is 2.15. The molecule has 1 aliphatic carbocycles. The molecule has 0 spiro atoms. The van der Waals surface area contributed by atoms with Crippen molar-refractivity contribution in [3.8, 4) is 17.3 Å². The van der Waals surface area contributed by atoms with E-state index in [1.807, 2.05) is 24.3 Å². The second-order valence-electron chi connectivity index (χ2n) is 6.87. The van der Waals surface area contributed by atoms with E-state index in [0.29, 0.717) is 18.1 Å². The molecule has 3 aromatic rings. The van der Waals surface area contributed by atoms with Gasteiger partial charge in [0.05, 0.1) is 19.9 Å². The minimum Gasteiger partial charge on any atom is -0.497 e. The number of hydrogen-bond donors (Lipinski definition) is 2. The summed E-state index contributed by atoms with van der Waals surface area (Å²) in [5.74, 6) is 1.87. The zero-order valence-corrected chi connectivity index (χ0v) is 16.1. The summed E-state index contributed by atoms with van der Waals surface area (Å²) in [5.41, 5.74) is 0.780. The average molecular weight is 397 g/mol. The van der Waals surface area contributed by atoms with Crippen LogP contribution in [0.1, 0.15) is 24.4 Å². The third-order valence-corrected chi connectivity index (χ3v) is 4.75. The van der Waals surface area contributed by atoms with E-state index >= 15 is 0 Å². The number of amides is 2. The number of aromatic nitrogens is 3. The lowest BCUT2D eigenvalue weighted by molar-refractivity contribution is 0.240. The highest BCUT2D eigenvalue weighted by molar-refractivity contribution is 5.73. The Bertz CT molecular complexity index is 1020. The van der Waals surface area contributed by atoms with Crippen LogP contribution < -0.4 is 21.1 Å². The minimum absolute atomic E-state index is 0.178. The molecule has 2 heterocycles. The van der Waals surface area contributed by atoms with E-state index in [1.54, 1.807) is 30.1 Å². The molecule has 0 radical (unpaired) electrons. The summed E-state index contributed by atoms with van der Waals surface area (Å²) >= 11 is 0. The van der Waals surface area contributed by atoms with Gasteiger partial charge >= 0.3 is 11.7 Å². The van der Waals surface area contributed by atoms with Crippen LogP contribution in [0.15, 0.2) is 51.9 Å². The Morgan fingerprint density at radius 2 is 2.03 bits per heavy atom. The van der Waals surface area contributed by atoms with Crippen molar-refractivity contribution in [2.45, 2.75) is 32.0 Å². The monoisotopic (exact) mass is 397 g/mol. The Kier molecular flexibility index (Phi) is 5.37. The Labute approximate surface area is 167 Å². The third kappa shape index (κ3) is 4.34. The summed E-state index contributed by atoms with van der Waals surface area (Å²) in [6.07, 6.45) is 3.49. The van der Waals surface area contributed by atoms with Crippen molar-refractivity contribution in [1.82, 2.24) is 25.0 Å². The molecule has 29 heavy (non-hydrogen) atoms. The van der Waals surface area contributed by atoms with E-state index in [-0.39, 0.29) is 30.9 Å². The first kappa shape index (κ1) is 18.9. The van der Waals surface area contributed by atoms with Crippen molar-refractivity contribution in [3.63, 3.8) is 0 Å². The van der Waals surface area contributed by atoms with Gasteiger partial charge in [0.2, 0.25) is 5.82 Å². The summed E-state index contributed by atoms with van der Waals surface area (Å²) in [6.45, 7) is 0.963. The average Bonchev–Trinajstić information content (AvgIpc) is 3.31. The number of nitrogens with one attached hydrogen (secondary N) is 2. The number of ether oxygens (including phenoxy) is 1. The van der Waals surface area contributed by atoms with Gasteiger partial charge in [0.25, 0.3) is 0 Å². The van der Waals surface area contributed by atoms with Crippen molar-refractivity contribution in [2.24, 2.45) is 0 Å². The maximum Gasteiger partial charge on any atom is 0.346 e. The van der Waals surface area contributed by atoms with Gasteiger partial charge < -0.3 is 19.8 Å². The molecule has 2 aromatic heterocycles. The molecule has 1 aliphatic rings. The molecule has 152 valence electrons. The smallest absolute Gasteiger partial charge is 0.346 e. The van der Waals surface area contributed by atoms with Gasteiger partial charge in [-0.2, -0.15) is 0 Å². The van der Waals surface area contributed by atoms with E-state index in [2.05, 4.69) is 15.7 Å². The zero-order chi connectivity index (χ0) is 20.2. The molecule has 0 unspecified atom stereocenters.